The van der Waals surface area contributed by atoms with Gasteiger partial charge in [0.2, 0.25) is 5.91 Å². The van der Waals surface area contributed by atoms with E-state index in [1.54, 1.807) is 6.20 Å². The number of amidine groups is 1. The molecule has 1 amide bonds. The molecule has 2 N–H and O–H groups in total. The van der Waals surface area contributed by atoms with Gasteiger partial charge in [0.25, 0.3) is 0 Å². The van der Waals surface area contributed by atoms with Crippen molar-refractivity contribution in [3.05, 3.63) is 11.8 Å². The number of esters is 1. The first-order valence-corrected chi connectivity index (χ1v) is 6.85. The molecule has 0 aliphatic carbocycles. The minimum absolute atomic E-state index is 0.0570. The van der Waals surface area contributed by atoms with Crippen molar-refractivity contribution in [2.75, 3.05) is 12.9 Å². The second-order valence-electron chi connectivity index (χ2n) is 4.03. The van der Waals surface area contributed by atoms with Crippen molar-refractivity contribution in [2.45, 2.75) is 19.5 Å². The lowest BCUT2D eigenvalue weighted by Gasteiger charge is -2.24. The molecule has 2 atom stereocenters. The Morgan fingerprint density at radius 1 is 1.61 bits per heavy atom. The molecular formula is C11H15N3O3S. The molecule has 0 aromatic rings. The highest BCUT2D eigenvalue weighted by molar-refractivity contribution is 8.13. The van der Waals surface area contributed by atoms with Crippen LogP contribution in [0.4, 0.5) is 0 Å². The Balaban J connectivity index is 1.98. The van der Waals surface area contributed by atoms with Crippen molar-refractivity contribution in [1.29, 1.82) is 0 Å². The second kappa shape index (κ2) is 5.43. The fourth-order valence-corrected chi connectivity index (χ4v) is 2.41. The number of nitrogens with one attached hydrogen (secondary N) is 2. The molecule has 2 rings (SSSR count). The van der Waals surface area contributed by atoms with E-state index in [1.165, 1.54) is 18.7 Å². The Morgan fingerprint density at radius 3 is 3.06 bits per heavy atom. The van der Waals surface area contributed by atoms with E-state index in [2.05, 4.69) is 15.6 Å². The molecule has 0 saturated carbocycles. The van der Waals surface area contributed by atoms with Gasteiger partial charge in [0.05, 0.1) is 6.61 Å². The molecule has 0 aromatic carbocycles. The average Bonchev–Trinajstić information content (AvgIpc) is 2.72. The third-order valence-corrected chi connectivity index (χ3v) is 3.41. The molecule has 6 nitrogen and oxygen atoms in total. The predicted molar refractivity (Wildman–Crippen MR) is 68.8 cm³/mol. The number of hydrogen-bond acceptors (Lipinski definition) is 6. The summed E-state index contributed by atoms with van der Waals surface area (Å²) in [6.07, 6.45) is 3.98. The topological polar surface area (TPSA) is 79.8 Å². The van der Waals surface area contributed by atoms with Gasteiger partial charge < -0.3 is 15.4 Å². The number of ether oxygens (including phenoxy) is 1. The molecule has 0 spiro atoms. The molecule has 0 fully saturated rings. The number of carbonyl (C=O) groups is 2. The Bertz CT molecular complexity index is 433. The third-order valence-electron chi connectivity index (χ3n) is 2.81. The van der Waals surface area contributed by atoms with Crippen LogP contribution in [0.3, 0.4) is 0 Å². The summed E-state index contributed by atoms with van der Waals surface area (Å²) >= 11 is 1.41. The largest absolute Gasteiger partial charge is 0.466 e. The van der Waals surface area contributed by atoms with Gasteiger partial charge in [0, 0.05) is 13.3 Å². The number of rotatable bonds is 3. The third kappa shape index (κ3) is 2.66. The lowest BCUT2D eigenvalue weighted by Crippen LogP contribution is -2.46. The van der Waals surface area contributed by atoms with E-state index in [0.717, 1.165) is 5.57 Å². The highest BCUT2D eigenvalue weighted by atomic mass is 32.2. The predicted octanol–water partition coefficient (Wildman–Crippen LogP) is 0.218. The monoisotopic (exact) mass is 269 g/mol. The molecule has 2 unspecified atom stereocenters. The van der Waals surface area contributed by atoms with Gasteiger partial charge >= 0.3 is 5.97 Å². The Hall–Kier alpha value is -1.50. The van der Waals surface area contributed by atoms with Gasteiger partial charge in [-0.2, -0.15) is 0 Å². The summed E-state index contributed by atoms with van der Waals surface area (Å²) in [5.41, 5.74) is 0.919. The summed E-state index contributed by atoms with van der Waals surface area (Å²) < 4.78 is 4.88. The molecule has 0 saturated heterocycles. The number of carbonyl (C=O) groups excluding carboxylic acids is 2. The van der Waals surface area contributed by atoms with Crippen LogP contribution in [-0.2, 0) is 14.3 Å². The average molecular weight is 269 g/mol. The molecule has 0 bridgehead atoms. The Morgan fingerprint density at radius 2 is 2.39 bits per heavy atom. The van der Waals surface area contributed by atoms with Gasteiger partial charge in [0.15, 0.2) is 5.17 Å². The Labute approximate surface area is 109 Å². The highest BCUT2D eigenvalue weighted by Gasteiger charge is 2.38. The summed E-state index contributed by atoms with van der Waals surface area (Å²) in [5, 5.41) is 6.46. The van der Waals surface area contributed by atoms with Crippen molar-refractivity contribution in [3.63, 3.8) is 0 Å². The standard InChI is InChI=1S/C11H15N3O3S/c1-6(15)17-4-3-7-5-12-9-8(7)10(16)14-11(13-9)18-2/h5,8-9,12H,3-4H2,1-2H3,(H,13,14,16). The quantitative estimate of drug-likeness (QED) is 0.716. The van der Waals surface area contributed by atoms with Crippen molar-refractivity contribution >= 4 is 28.8 Å². The van der Waals surface area contributed by atoms with Gasteiger partial charge in [0.1, 0.15) is 12.1 Å². The van der Waals surface area contributed by atoms with Gasteiger partial charge in [-0.3, -0.25) is 9.59 Å². The van der Waals surface area contributed by atoms with Crippen LogP contribution in [0.2, 0.25) is 0 Å². The lowest BCUT2D eigenvalue weighted by molar-refractivity contribution is -0.140. The van der Waals surface area contributed by atoms with Gasteiger partial charge in [-0.15, -0.1) is 0 Å². The molecule has 98 valence electrons. The normalized spacial score (nSPS) is 25.6. The number of thioether (sulfide) groups is 1. The molecule has 18 heavy (non-hydrogen) atoms. The lowest BCUT2D eigenvalue weighted by atomic mass is 9.96. The molecule has 2 heterocycles. The zero-order chi connectivity index (χ0) is 13.1. The van der Waals surface area contributed by atoms with Crippen LogP contribution in [0.1, 0.15) is 13.3 Å². The van der Waals surface area contributed by atoms with Crippen LogP contribution in [0.5, 0.6) is 0 Å². The first kappa shape index (κ1) is 12.9. The fourth-order valence-electron chi connectivity index (χ4n) is 1.99. The van der Waals surface area contributed by atoms with Gasteiger partial charge in [-0.05, 0) is 18.0 Å². The zero-order valence-corrected chi connectivity index (χ0v) is 11.0. The number of amides is 1. The molecule has 7 heteroatoms. The number of aliphatic imine (C=N–C) groups is 1. The zero-order valence-electron chi connectivity index (χ0n) is 10.2. The van der Waals surface area contributed by atoms with E-state index in [0.29, 0.717) is 18.2 Å². The van der Waals surface area contributed by atoms with Crippen LogP contribution in [0.25, 0.3) is 0 Å². The van der Waals surface area contributed by atoms with E-state index in [-0.39, 0.29) is 24.0 Å². The van der Waals surface area contributed by atoms with Gasteiger partial charge in [-0.25, -0.2) is 4.99 Å². The maximum Gasteiger partial charge on any atom is 0.302 e. The van der Waals surface area contributed by atoms with E-state index in [4.69, 9.17) is 4.74 Å². The van der Waals surface area contributed by atoms with Crippen LogP contribution in [0.15, 0.2) is 16.8 Å². The highest BCUT2D eigenvalue weighted by Crippen LogP contribution is 2.28. The molecule has 0 radical (unpaired) electrons. The maximum atomic E-state index is 12.0. The smallest absolute Gasteiger partial charge is 0.302 e. The first-order chi connectivity index (χ1) is 8.61. The van der Waals surface area contributed by atoms with Crippen molar-refractivity contribution in [2.24, 2.45) is 10.9 Å². The van der Waals surface area contributed by atoms with Crippen molar-refractivity contribution in [3.8, 4) is 0 Å². The molecule has 2 aliphatic rings. The van der Waals surface area contributed by atoms with Crippen LogP contribution >= 0.6 is 11.8 Å². The minimum atomic E-state index is -0.311. The summed E-state index contributed by atoms with van der Waals surface area (Å²) in [5.74, 6) is -0.663. The van der Waals surface area contributed by atoms with E-state index in [9.17, 15) is 9.59 Å². The summed E-state index contributed by atoms with van der Waals surface area (Å²) in [4.78, 5) is 27.0. The van der Waals surface area contributed by atoms with Crippen LogP contribution in [-0.4, -0.2) is 36.1 Å². The Kier molecular flexibility index (Phi) is 3.90. The fraction of sp³-hybridized carbons (Fsp3) is 0.545. The molecular weight excluding hydrogens is 254 g/mol. The summed E-state index contributed by atoms with van der Waals surface area (Å²) in [6, 6.07) is 0. The van der Waals surface area contributed by atoms with E-state index >= 15 is 0 Å². The van der Waals surface area contributed by atoms with E-state index < -0.39 is 0 Å². The van der Waals surface area contributed by atoms with Crippen molar-refractivity contribution in [1.82, 2.24) is 10.6 Å². The SMILES string of the molecule is CSC1=NC2NC=C(CCOC(C)=O)C2C(=O)N1. The minimum Gasteiger partial charge on any atom is -0.466 e. The number of fused-ring (bicyclic) bond motifs is 1. The summed E-state index contributed by atoms with van der Waals surface area (Å²) in [6.45, 7) is 1.66. The molecule has 0 aromatic heterocycles. The summed E-state index contributed by atoms with van der Waals surface area (Å²) in [7, 11) is 0. The molecule has 2 aliphatic heterocycles. The second-order valence-corrected chi connectivity index (χ2v) is 4.82. The van der Waals surface area contributed by atoms with Crippen LogP contribution < -0.4 is 10.6 Å². The first-order valence-electron chi connectivity index (χ1n) is 5.63. The number of nitrogens with zero attached hydrogens (tertiary/aromatic N) is 1. The van der Waals surface area contributed by atoms with E-state index in [1.807, 2.05) is 6.26 Å². The van der Waals surface area contributed by atoms with Crippen LogP contribution in [0, 0.1) is 5.92 Å². The maximum absolute atomic E-state index is 12.0. The number of hydrogen-bond donors (Lipinski definition) is 2. The van der Waals surface area contributed by atoms with Crippen molar-refractivity contribution < 1.29 is 14.3 Å². The van der Waals surface area contributed by atoms with Gasteiger partial charge in [-0.1, -0.05) is 11.8 Å².